The number of allylic oxidation sites excluding steroid dienone is 3. The van der Waals surface area contributed by atoms with Crippen LogP contribution in [0.15, 0.2) is 46.1 Å². The maximum Gasteiger partial charge on any atom is 0.335 e. The van der Waals surface area contributed by atoms with Gasteiger partial charge >= 0.3 is 23.9 Å². The Hall–Kier alpha value is -3.16. The third-order valence-corrected chi connectivity index (χ3v) is 5.44. The summed E-state index contributed by atoms with van der Waals surface area (Å²) in [5.74, 6) is -5.25. The third kappa shape index (κ3) is 10.8. The van der Waals surface area contributed by atoms with Gasteiger partial charge in [-0.3, -0.25) is 0 Å². The first-order valence-corrected chi connectivity index (χ1v) is 11.3. The topological polar surface area (TPSA) is 149 Å². The molecular formula is C25H36O8. The molecule has 0 aliphatic heterocycles. The minimum absolute atomic E-state index is 0.00149. The van der Waals surface area contributed by atoms with E-state index in [4.69, 9.17) is 5.11 Å². The molecule has 0 fully saturated rings. The minimum Gasteiger partial charge on any atom is -0.478 e. The molecule has 184 valence electrons. The fourth-order valence-electron chi connectivity index (χ4n) is 3.40. The van der Waals surface area contributed by atoms with Gasteiger partial charge < -0.3 is 20.4 Å². The molecule has 0 rings (SSSR count). The van der Waals surface area contributed by atoms with Crippen molar-refractivity contribution in [3.05, 3.63) is 46.1 Å². The van der Waals surface area contributed by atoms with Gasteiger partial charge in [-0.1, -0.05) is 52.9 Å². The Balaban J connectivity index is 7.13. The van der Waals surface area contributed by atoms with Crippen molar-refractivity contribution in [3.63, 3.8) is 0 Å². The highest BCUT2D eigenvalue weighted by Crippen LogP contribution is 2.30. The largest absolute Gasteiger partial charge is 0.478 e. The summed E-state index contributed by atoms with van der Waals surface area (Å²) in [5.41, 5.74) is -0.521. The summed E-state index contributed by atoms with van der Waals surface area (Å²) < 4.78 is 0. The summed E-state index contributed by atoms with van der Waals surface area (Å²) in [7, 11) is 0. The molecule has 0 saturated carbocycles. The van der Waals surface area contributed by atoms with Crippen LogP contribution in [0, 0.1) is 5.92 Å². The normalized spacial score (nSPS) is 14.5. The van der Waals surface area contributed by atoms with Crippen molar-refractivity contribution in [2.24, 2.45) is 5.92 Å². The Labute approximate surface area is 195 Å². The lowest BCUT2D eigenvalue weighted by Crippen LogP contribution is -2.13. The maximum absolute atomic E-state index is 12.3. The van der Waals surface area contributed by atoms with Crippen LogP contribution in [0.2, 0.25) is 0 Å². The first kappa shape index (κ1) is 29.8. The van der Waals surface area contributed by atoms with Gasteiger partial charge in [0.15, 0.2) is 0 Å². The van der Waals surface area contributed by atoms with E-state index >= 15 is 0 Å². The summed E-state index contributed by atoms with van der Waals surface area (Å²) in [6.45, 7) is 7.24. The number of carboxylic acids is 4. The molecule has 0 aliphatic carbocycles. The average Bonchev–Trinajstić information content (AvgIpc) is 2.73. The van der Waals surface area contributed by atoms with Gasteiger partial charge in [-0.2, -0.15) is 0 Å². The first-order chi connectivity index (χ1) is 15.5. The first-order valence-electron chi connectivity index (χ1n) is 11.3. The smallest absolute Gasteiger partial charge is 0.335 e. The van der Waals surface area contributed by atoms with E-state index in [2.05, 4.69) is 0 Å². The van der Waals surface area contributed by atoms with Crippen LogP contribution in [-0.4, -0.2) is 44.3 Å². The fourth-order valence-corrected chi connectivity index (χ4v) is 3.40. The van der Waals surface area contributed by atoms with Crippen molar-refractivity contribution in [1.29, 1.82) is 0 Å². The van der Waals surface area contributed by atoms with Gasteiger partial charge in [0, 0.05) is 17.2 Å². The molecule has 33 heavy (non-hydrogen) atoms. The Morgan fingerprint density at radius 3 is 1.82 bits per heavy atom. The van der Waals surface area contributed by atoms with Gasteiger partial charge in [0.1, 0.15) is 0 Å². The second kappa shape index (κ2) is 15.6. The minimum atomic E-state index is -1.44. The number of rotatable bonds is 16. The Kier molecular flexibility index (Phi) is 14.1. The van der Waals surface area contributed by atoms with E-state index in [1.165, 1.54) is 13.0 Å². The lowest BCUT2D eigenvalue weighted by atomic mass is 9.86. The van der Waals surface area contributed by atoms with Crippen LogP contribution in [0.4, 0.5) is 0 Å². The predicted molar refractivity (Wildman–Crippen MR) is 125 cm³/mol. The van der Waals surface area contributed by atoms with Crippen LogP contribution in [0.3, 0.4) is 0 Å². The van der Waals surface area contributed by atoms with Crippen molar-refractivity contribution in [3.8, 4) is 0 Å². The van der Waals surface area contributed by atoms with E-state index in [0.29, 0.717) is 18.9 Å². The molecule has 0 amide bonds. The van der Waals surface area contributed by atoms with Crippen molar-refractivity contribution >= 4 is 23.9 Å². The monoisotopic (exact) mass is 464 g/mol. The quantitative estimate of drug-likeness (QED) is 0.179. The van der Waals surface area contributed by atoms with Crippen molar-refractivity contribution < 1.29 is 39.6 Å². The fraction of sp³-hybridized carbons (Fsp3) is 0.520. The summed E-state index contributed by atoms with van der Waals surface area (Å²) in [4.78, 5) is 46.9. The third-order valence-electron chi connectivity index (χ3n) is 5.44. The molecule has 0 saturated heterocycles. The van der Waals surface area contributed by atoms with Gasteiger partial charge in [0.05, 0.1) is 5.57 Å². The number of hydrogen-bond acceptors (Lipinski definition) is 4. The number of aliphatic carboxylic acids is 4. The van der Waals surface area contributed by atoms with Gasteiger partial charge in [0.2, 0.25) is 0 Å². The van der Waals surface area contributed by atoms with E-state index < -0.39 is 29.5 Å². The molecule has 0 aromatic rings. The lowest BCUT2D eigenvalue weighted by Gasteiger charge is -2.19. The second-order valence-electron chi connectivity index (χ2n) is 7.91. The van der Waals surface area contributed by atoms with E-state index in [1.54, 1.807) is 0 Å². The summed E-state index contributed by atoms with van der Waals surface area (Å²) in [5, 5.41) is 38.2. The van der Waals surface area contributed by atoms with Gasteiger partial charge in [-0.05, 0) is 55.4 Å². The van der Waals surface area contributed by atoms with Crippen molar-refractivity contribution in [2.45, 2.75) is 79.1 Å². The molecule has 0 bridgehead atoms. The van der Waals surface area contributed by atoms with Gasteiger partial charge in [-0.25, -0.2) is 19.2 Å². The predicted octanol–water partition coefficient (Wildman–Crippen LogP) is 5.22. The number of unbranched alkanes of at least 4 members (excludes halogenated alkanes) is 2. The zero-order valence-electron chi connectivity index (χ0n) is 19.9. The molecule has 0 spiro atoms. The number of carboxylic acid groups (broad SMARTS) is 4. The second-order valence-corrected chi connectivity index (χ2v) is 7.91. The molecule has 0 aromatic heterocycles. The molecule has 0 aromatic carbocycles. The molecule has 1 atom stereocenters. The van der Waals surface area contributed by atoms with Gasteiger partial charge in [-0.15, -0.1) is 0 Å². The van der Waals surface area contributed by atoms with Crippen molar-refractivity contribution in [1.82, 2.24) is 0 Å². The number of hydrogen-bond donors (Lipinski definition) is 4. The number of carbonyl (C=O) groups is 4. The van der Waals surface area contributed by atoms with Crippen LogP contribution in [0.1, 0.15) is 79.1 Å². The molecule has 8 nitrogen and oxygen atoms in total. The highest BCUT2D eigenvalue weighted by Gasteiger charge is 2.23. The van der Waals surface area contributed by atoms with E-state index in [0.717, 1.165) is 31.8 Å². The van der Waals surface area contributed by atoms with Crippen molar-refractivity contribution in [2.75, 3.05) is 0 Å². The summed E-state index contributed by atoms with van der Waals surface area (Å²) >= 11 is 0. The summed E-state index contributed by atoms with van der Waals surface area (Å²) in [6.07, 6.45) is 7.74. The molecule has 0 radical (unpaired) electrons. The Morgan fingerprint density at radius 2 is 1.39 bits per heavy atom. The van der Waals surface area contributed by atoms with Crippen LogP contribution in [-0.2, 0) is 19.2 Å². The lowest BCUT2D eigenvalue weighted by molar-refractivity contribution is -0.134. The van der Waals surface area contributed by atoms with Gasteiger partial charge in [0.25, 0.3) is 0 Å². The van der Waals surface area contributed by atoms with E-state index in [1.807, 2.05) is 20.8 Å². The molecule has 8 heteroatoms. The highest BCUT2D eigenvalue weighted by atomic mass is 16.4. The molecule has 4 N–H and O–H groups in total. The SMILES string of the molecule is CCCCC(=CC(C(C)=C(C=CC(=O)O)C(=O)O)=C(CC(CC)CCCC)C(=O)O)C(=O)O. The summed E-state index contributed by atoms with van der Waals surface area (Å²) in [6, 6.07) is 0. The standard InChI is InChI=1S/C25H36O8/c1-5-8-10-17(7-3)14-21(25(32)33)20(15-18(23(28)29)11-9-6-2)16(4)19(24(30)31)12-13-22(26)27/h12-13,15,17H,5-11,14H2,1-4H3,(H,26,27)(H,28,29)(H,30,31)(H,32,33). The maximum atomic E-state index is 12.3. The van der Waals surface area contributed by atoms with Crippen LogP contribution in [0.5, 0.6) is 0 Å². The van der Waals surface area contributed by atoms with Crippen LogP contribution < -0.4 is 0 Å². The molecule has 0 aliphatic rings. The van der Waals surface area contributed by atoms with E-state index in [9.17, 15) is 34.5 Å². The van der Waals surface area contributed by atoms with Crippen LogP contribution in [0.25, 0.3) is 0 Å². The molecular weight excluding hydrogens is 428 g/mol. The van der Waals surface area contributed by atoms with E-state index in [-0.39, 0.29) is 41.1 Å². The molecule has 0 heterocycles. The zero-order valence-corrected chi connectivity index (χ0v) is 19.9. The average molecular weight is 465 g/mol. The zero-order chi connectivity index (χ0) is 25.6. The van der Waals surface area contributed by atoms with Crippen LogP contribution >= 0.6 is 0 Å². The highest BCUT2D eigenvalue weighted by molar-refractivity contribution is 5.97. The Morgan fingerprint density at radius 1 is 0.788 bits per heavy atom. The Bertz CT molecular complexity index is 842. The molecule has 1 unspecified atom stereocenters.